The van der Waals surface area contributed by atoms with E-state index in [9.17, 15) is 9.18 Å². The van der Waals surface area contributed by atoms with E-state index >= 15 is 0 Å². The molecule has 1 aliphatic heterocycles. The minimum absolute atomic E-state index is 0.0307. The first-order valence-electron chi connectivity index (χ1n) is 6.85. The van der Waals surface area contributed by atoms with Crippen LogP contribution in [0.15, 0.2) is 29.8 Å². The molecule has 1 amide bonds. The van der Waals surface area contributed by atoms with Gasteiger partial charge in [-0.2, -0.15) is 0 Å². The number of nitrogens with zero attached hydrogens (tertiary/aromatic N) is 3. The molecule has 1 aromatic heterocycles. The van der Waals surface area contributed by atoms with Crippen molar-refractivity contribution >= 4 is 22.4 Å². The van der Waals surface area contributed by atoms with Gasteiger partial charge >= 0.3 is 0 Å². The van der Waals surface area contributed by atoms with Crippen molar-refractivity contribution in [2.24, 2.45) is 0 Å². The van der Waals surface area contributed by atoms with E-state index in [0.717, 1.165) is 18.2 Å². The maximum absolute atomic E-state index is 13.3. The van der Waals surface area contributed by atoms with Crippen LogP contribution >= 0.6 is 11.3 Å². The predicted octanol–water partition coefficient (Wildman–Crippen LogP) is 2.55. The molecule has 4 nitrogen and oxygen atoms in total. The molecule has 0 N–H and O–H groups in total. The molecule has 2 aromatic rings. The molecule has 6 heteroatoms. The number of aryl methyl sites for hydroxylation is 1. The lowest BCUT2D eigenvalue weighted by atomic mass is 10.1. The third-order valence-electron chi connectivity index (χ3n) is 3.66. The Bertz CT molecular complexity index is 636. The third-order valence-corrected chi connectivity index (χ3v) is 4.49. The maximum Gasteiger partial charge on any atom is 0.253 e. The first-order chi connectivity index (χ1) is 10.1. The Labute approximate surface area is 126 Å². The van der Waals surface area contributed by atoms with Crippen molar-refractivity contribution in [1.82, 2.24) is 9.88 Å². The minimum atomic E-state index is -0.278. The molecule has 0 atom stereocenters. The summed E-state index contributed by atoms with van der Waals surface area (Å²) in [4.78, 5) is 20.7. The van der Waals surface area contributed by atoms with Crippen molar-refractivity contribution in [3.05, 3.63) is 46.7 Å². The molecule has 0 spiro atoms. The summed E-state index contributed by atoms with van der Waals surface area (Å²) < 4.78 is 13.3. The van der Waals surface area contributed by atoms with Crippen LogP contribution in [-0.2, 0) is 0 Å². The molecule has 21 heavy (non-hydrogen) atoms. The average Bonchev–Trinajstić information content (AvgIpc) is 3.04. The molecule has 1 fully saturated rings. The molecule has 0 bridgehead atoms. The SMILES string of the molecule is Cc1cc(C(=O)N2CCN(c3nccs3)CC2)ccc1F. The maximum atomic E-state index is 13.3. The van der Waals surface area contributed by atoms with Crippen LogP contribution in [0.1, 0.15) is 15.9 Å². The Kier molecular flexibility index (Phi) is 3.88. The molecule has 110 valence electrons. The summed E-state index contributed by atoms with van der Waals surface area (Å²) in [5.74, 6) is -0.308. The normalized spacial score (nSPS) is 15.3. The molecule has 0 aliphatic carbocycles. The highest BCUT2D eigenvalue weighted by Crippen LogP contribution is 2.20. The van der Waals surface area contributed by atoms with E-state index < -0.39 is 0 Å². The Morgan fingerprint density at radius 1 is 1.29 bits per heavy atom. The Hall–Kier alpha value is -1.95. The van der Waals surface area contributed by atoms with Crippen LogP contribution in [0.25, 0.3) is 0 Å². The fraction of sp³-hybridized carbons (Fsp3) is 0.333. The highest BCUT2D eigenvalue weighted by molar-refractivity contribution is 7.13. The molecule has 1 aromatic carbocycles. The topological polar surface area (TPSA) is 36.4 Å². The number of amides is 1. The highest BCUT2D eigenvalue weighted by Gasteiger charge is 2.23. The van der Waals surface area contributed by atoms with Gasteiger partial charge in [0.05, 0.1) is 0 Å². The smallest absolute Gasteiger partial charge is 0.253 e. The van der Waals surface area contributed by atoms with E-state index in [4.69, 9.17) is 0 Å². The van der Waals surface area contributed by atoms with Crippen LogP contribution in [0.5, 0.6) is 0 Å². The van der Waals surface area contributed by atoms with Crippen molar-refractivity contribution in [2.75, 3.05) is 31.1 Å². The second kappa shape index (κ2) is 5.81. The molecule has 0 radical (unpaired) electrons. The fourth-order valence-electron chi connectivity index (χ4n) is 2.43. The Morgan fingerprint density at radius 3 is 2.67 bits per heavy atom. The largest absolute Gasteiger partial charge is 0.345 e. The number of thiazole rings is 1. The average molecular weight is 305 g/mol. The first-order valence-corrected chi connectivity index (χ1v) is 7.73. The molecular formula is C15H16FN3OS. The van der Waals surface area contributed by atoms with E-state index in [1.54, 1.807) is 36.6 Å². The minimum Gasteiger partial charge on any atom is -0.345 e. The zero-order chi connectivity index (χ0) is 14.8. The second-order valence-electron chi connectivity index (χ2n) is 5.06. The summed E-state index contributed by atoms with van der Waals surface area (Å²) in [5.41, 5.74) is 1.05. The van der Waals surface area contributed by atoms with Crippen LogP contribution in [0.3, 0.4) is 0 Å². The van der Waals surface area contributed by atoms with Gasteiger partial charge < -0.3 is 9.80 Å². The Balaban J connectivity index is 1.66. The second-order valence-corrected chi connectivity index (χ2v) is 5.93. The number of aromatic nitrogens is 1. The van der Waals surface area contributed by atoms with Crippen LogP contribution in [0.2, 0.25) is 0 Å². The van der Waals surface area contributed by atoms with E-state index in [1.807, 2.05) is 10.3 Å². The number of halogens is 1. The summed E-state index contributed by atoms with van der Waals surface area (Å²) in [6.45, 7) is 4.55. The number of rotatable bonds is 2. The number of piperazine rings is 1. The summed E-state index contributed by atoms with van der Waals surface area (Å²) >= 11 is 1.61. The van der Waals surface area contributed by atoms with Gasteiger partial charge in [-0.15, -0.1) is 11.3 Å². The first kappa shape index (κ1) is 14.0. The summed E-state index contributed by atoms with van der Waals surface area (Å²) in [5, 5.41) is 2.95. The van der Waals surface area contributed by atoms with Crippen LogP contribution < -0.4 is 4.90 Å². The van der Waals surface area contributed by atoms with Crippen molar-refractivity contribution in [2.45, 2.75) is 6.92 Å². The zero-order valence-corrected chi connectivity index (χ0v) is 12.6. The number of hydrogen-bond donors (Lipinski definition) is 0. The molecule has 0 saturated carbocycles. The number of carbonyl (C=O) groups is 1. The van der Waals surface area contributed by atoms with Gasteiger partial charge in [-0.25, -0.2) is 9.37 Å². The van der Waals surface area contributed by atoms with Gasteiger partial charge in [0.25, 0.3) is 5.91 Å². The van der Waals surface area contributed by atoms with Gasteiger partial charge in [0.1, 0.15) is 5.82 Å². The highest BCUT2D eigenvalue weighted by atomic mass is 32.1. The van der Waals surface area contributed by atoms with Gasteiger partial charge in [0.2, 0.25) is 0 Å². The fourth-order valence-corrected chi connectivity index (χ4v) is 3.13. The van der Waals surface area contributed by atoms with Crippen molar-refractivity contribution in [3.8, 4) is 0 Å². The summed E-state index contributed by atoms with van der Waals surface area (Å²) in [7, 11) is 0. The number of hydrogen-bond acceptors (Lipinski definition) is 4. The monoisotopic (exact) mass is 305 g/mol. The van der Waals surface area contributed by atoms with Crippen molar-refractivity contribution < 1.29 is 9.18 Å². The molecule has 3 rings (SSSR count). The third kappa shape index (κ3) is 2.90. The van der Waals surface area contributed by atoms with E-state index in [2.05, 4.69) is 9.88 Å². The summed E-state index contributed by atoms with van der Waals surface area (Å²) in [6, 6.07) is 4.52. The molecular weight excluding hydrogens is 289 g/mol. The Morgan fingerprint density at radius 2 is 2.05 bits per heavy atom. The van der Waals surface area contributed by atoms with Gasteiger partial charge in [-0.05, 0) is 30.7 Å². The van der Waals surface area contributed by atoms with E-state index in [1.165, 1.54) is 6.07 Å². The van der Waals surface area contributed by atoms with Gasteiger partial charge in [0.15, 0.2) is 5.13 Å². The van der Waals surface area contributed by atoms with Crippen molar-refractivity contribution in [3.63, 3.8) is 0 Å². The van der Waals surface area contributed by atoms with Gasteiger partial charge in [0, 0.05) is 43.3 Å². The van der Waals surface area contributed by atoms with Crippen LogP contribution in [0.4, 0.5) is 9.52 Å². The van der Waals surface area contributed by atoms with Gasteiger partial charge in [-0.3, -0.25) is 4.79 Å². The lowest BCUT2D eigenvalue weighted by molar-refractivity contribution is 0.0746. The lowest BCUT2D eigenvalue weighted by Crippen LogP contribution is -2.48. The van der Waals surface area contributed by atoms with Crippen LogP contribution in [0, 0.1) is 12.7 Å². The predicted molar refractivity (Wildman–Crippen MR) is 81.4 cm³/mol. The number of carbonyl (C=O) groups excluding carboxylic acids is 1. The molecule has 2 heterocycles. The summed E-state index contributed by atoms with van der Waals surface area (Å²) in [6.07, 6.45) is 1.79. The van der Waals surface area contributed by atoms with E-state index in [-0.39, 0.29) is 11.7 Å². The lowest BCUT2D eigenvalue weighted by Gasteiger charge is -2.34. The number of benzene rings is 1. The van der Waals surface area contributed by atoms with Crippen molar-refractivity contribution in [1.29, 1.82) is 0 Å². The standard InChI is InChI=1S/C15H16FN3OS/c1-11-10-12(2-3-13(11)16)14(20)18-5-7-19(8-6-18)15-17-4-9-21-15/h2-4,9-10H,5-8H2,1H3. The molecule has 0 unspecified atom stereocenters. The number of anilines is 1. The van der Waals surface area contributed by atoms with E-state index in [0.29, 0.717) is 24.2 Å². The van der Waals surface area contributed by atoms with Crippen LogP contribution in [-0.4, -0.2) is 42.0 Å². The van der Waals surface area contributed by atoms with Gasteiger partial charge in [-0.1, -0.05) is 0 Å². The molecule has 1 aliphatic rings. The zero-order valence-electron chi connectivity index (χ0n) is 11.8. The molecule has 1 saturated heterocycles. The quantitative estimate of drug-likeness (QED) is 0.855.